The lowest BCUT2D eigenvalue weighted by Gasteiger charge is -2.10. The predicted molar refractivity (Wildman–Crippen MR) is 69.8 cm³/mol. The van der Waals surface area contributed by atoms with E-state index in [9.17, 15) is 0 Å². The van der Waals surface area contributed by atoms with E-state index in [4.69, 9.17) is 10.5 Å². The highest BCUT2D eigenvalue weighted by Gasteiger charge is 1.99. The fourth-order valence-electron chi connectivity index (χ4n) is 1.62. The van der Waals surface area contributed by atoms with Crippen molar-refractivity contribution in [3.63, 3.8) is 0 Å². The first-order valence-electron chi connectivity index (χ1n) is 5.83. The molecular weight excluding hydrogens is 200 g/mol. The average Bonchev–Trinajstić information content (AvgIpc) is 2.29. The Morgan fingerprint density at radius 1 is 1.25 bits per heavy atom. The number of hydrogen-bond donors (Lipinski definition) is 2. The van der Waals surface area contributed by atoms with Crippen molar-refractivity contribution in [3.8, 4) is 0 Å². The van der Waals surface area contributed by atoms with Crippen molar-refractivity contribution in [1.82, 2.24) is 0 Å². The first kappa shape index (κ1) is 12.8. The van der Waals surface area contributed by atoms with Gasteiger partial charge in [0, 0.05) is 31.6 Å². The molecule has 0 radical (unpaired) electrons. The van der Waals surface area contributed by atoms with Crippen LogP contribution in [0.3, 0.4) is 0 Å². The summed E-state index contributed by atoms with van der Waals surface area (Å²) in [4.78, 5) is 0. The van der Waals surface area contributed by atoms with Crippen LogP contribution in [0.2, 0.25) is 0 Å². The Labute approximate surface area is 98.0 Å². The summed E-state index contributed by atoms with van der Waals surface area (Å²) in [6.07, 6.45) is 3.49. The number of nitrogens with one attached hydrogen (secondary N) is 1. The van der Waals surface area contributed by atoms with Gasteiger partial charge in [-0.25, -0.2) is 0 Å². The van der Waals surface area contributed by atoms with Crippen molar-refractivity contribution in [3.05, 3.63) is 23.8 Å². The van der Waals surface area contributed by atoms with Crippen LogP contribution in [0.15, 0.2) is 18.2 Å². The minimum absolute atomic E-state index is 0.851. The third-order valence-electron chi connectivity index (χ3n) is 2.72. The molecule has 1 rings (SSSR count). The zero-order valence-corrected chi connectivity index (χ0v) is 10.3. The third kappa shape index (κ3) is 4.11. The van der Waals surface area contributed by atoms with Gasteiger partial charge in [0.15, 0.2) is 0 Å². The second kappa shape index (κ2) is 7.12. The smallest absolute Gasteiger partial charge is 0.0462 e. The predicted octanol–water partition coefficient (Wildman–Crippen LogP) is 2.81. The molecule has 0 amide bonds. The number of anilines is 2. The number of nitrogen functional groups attached to an aromatic ring is 1. The molecule has 3 N–H and O–H groups in total. The summed E-state index contributed by atoms with van der Waals surface area (Å²) in [5.74, 6) is 0. The van der Waals surface area contributed by atoms with Gasteiger partial charge in [0.2, 0.25) is 0 Å². The molecule has 0 aliphatic heterocycles. The van der Waals surface area contributed by atoms with Gasteiger partial charge >= 0.3 is 0 Å². The Morgan fingerprint density at radius 2 is 2.06 bits per heavy atom. The molecule has 1 aromatic carbocycles. The number of benzene rings is 1. The highest BCUT2D eigenvalue weighted by atomic mass is 16.5. The lowest BCUT2D eigenvalue weighted by Crippen LogP contribution is -2.04. The molecule has 0 fully saturated rings. The SMILES string of the molecule is COCCCCCNc1cccc(N)c1C. The van der Waals surface area contributed by atoms with Gasteiger partial charge < -0.3 is 15.8 Å². The molecule has 1 aromatic rings. The van der Waals surface area contributed by atoms with E-state index in [0.29, 0.717) is 0 Å². The van der Waals surface area contributed by atoms with E-state index in [2.05, 4.69) is 11.4 Å². The van der Waals surface area contributed by atoms with Crippen LogP contribution in [-0.4, -0.2) is 20.3 Å². The molecule has 0 spiro atoms. The maximum absolute atomic E-state index is 5.83. The van der Waals surface area contributed by atoms with Crippen LogP contribution in [-0.2, 0) is 4.74 Å². The summed E-state index contributed by atoms with van der Waals surface area (Å²) >= 11 is 0. The number of ether oxygens (including phenoxy) is 1. The van der Waals surface area contributed by atoms with Crippen molar-refractivity contribution in [1.29, 1.82) is 0 Å². The molecule has 0 unspecified atom stereocenters. The number of nitrogens with two attached hydrogens (primary N) is 1. The number of methoxy groups -OCH3 is 1. The summed E-state index contributed by atoms with van der Waals surface area (Å²) in [6, 6.07) is 5.98. The van der Waals surface area contributed by atoms with Crippen molar-refractivity contribution >= 4 is 11.4 Å². The van der Waals surface area contributed by atoms with Crippen LogP contribution in [0.4, 0.5) is 11.4 Å². The standard InChI is InChI=1S/C13H22N2O/c1-11-12(14)7-6-8-13(11)15-9-4-3-5-10-16-2/h6-8,15H,3-5,9-10,14H2,1-2H3. The molecule has 0 heterocycles. The minimum atomic E-state index is 0.851. The largest absolute Gasteiger partial charge is 0.398 e. The van der Waals surface area contributed by atoms with Crippen molar-refractivity contribution in [2.75, 3.05) is 31.3 Å². The first-order chi connectivity index (χ1) is 7.75. The van der Waals surface area contributed by atoms with Crippen LogP contribution in [0.25, 0.3) is 0 Å². The molecule has 0 aromatic heterocycles. The Bertz CT molecular complexity index is 313. The molecule has 16 heavy (non-hydrogen) atoms. The first-order valence-corrected chi connectivity index (χ1v) is 5.83. The van der Waals surface area contributed by atoms with E-state index in [1.165, 1.54) is 6.42 Å². The van der Waals surface area contributed by atoms with Crippen molar-refractivity contribution in [2.45, 2.75) is 26.2 Å². The molecule has 0 saturated carbocycles. The van der Waals surface area contributed by atoms with Crippen molar-refractivity contribution < 1.29 is 4.74 Å². The summed E-state index contributed by atoms with van der Waals surface area (Å²) in [7, 11) is 1.74. The Balaban J connectivity index is 2.24. The molecule has 90 valence electrons. The van der Waals surface area contributed by atoms with Gasteiger partial charge in [-0.3, -0.25) is 0 Å². The minimum Gasteiger partial charge on any atom is -0.398 e. The highest BCUT2D eigenvalue weighted by Crippen LogP contribution is 2.20. The molecule has 0 aliphatic carbocycles. The fourth-order valence-corrected chi connectivity index (χ4v) is 1.62. The van der Waals surface area contributed by atoms with Crippen LogP contribution >= 0.6 is 0 Å². The molecule has 0 bridgehead atoms. The maximum atomic E-state index is 5.83. The molecule has 0 saturated heterocycles. The zero-order chi connectivity index (χ0) is 11.8. The van der Waals surface area contributed by atoms with Gasteiger partial charge in [0.1, 0.15) is 0 Å². The monoisotopic (exact) mass is 222 g/mol. The van der Waals surface area contributed by atoms with Gasteiger partial charge in [-0.15, -0.1) is 0 Å². The molecule has 3 heteroatoms. The summed E-state index contributed by atoms with van der Waals surface area (Å²) in [5.41, 5.74) is 8.97. The molecule has 3 nitrogen and oxygen atoms in total. The second-order valence-electron chi connectivity index (χ2n) is 4.00. The number of hydrogen-bond acceptors (Lipinski definition) is 3. The van der Waals surface area contributed by atoms with E-state index < -0.39 is 0 Å². The fraction of sp³-hybridized carbons (Fsp3) is 0.538. The van der Waals surface area contributed by atoms with E-state index in [1.807, 2.05) is 19.1 Å². The van der Waals surface area contributed by atoms with E-state index in [1.54, 1.807) is 7.11 Å². The van der Waals surface area contributed by atoms with E-state index >= 15 is 0 Å². The lowest BCUT2D eigenvalue weighted by molar-refractivity contribution is 0.192. The number of rotatable bonds is 7. The van der Waals surface area contributed by atoms with Gasteiger partial charge in [0.05, 0.1) is 0 Å². The Kier molecular flexibility index (Phi) is 5.72. The van der Waals surface area contributed by atoms with Gasteiger partial charge in [-0.05, 0) is 43.9 Å². The molecule has 0 atom stereocenters. The average molecular weight is 222 g/mol. The van der Waals surface area contributed by atoms with Crippen LogP contribution in [0.1, 0.15) is 24.8 Å². The Morgan fingerprint density at radius 3 is 2.81 bits per heavy atom. The molecular formula is C13H22N2O. The highest BCUT2D eigenvalue weighted by molar-refractivity contribution is 5.62. The Hall–Kier alpha value is -1.22. The zero-order valence-electron chi connectivity index (χ0n) is 10.3. The van der Waals surface area contributed by atoms with Crippen LogP contribution in [0, 0.1) is 6.92 Å². The third-order valence-corrected chi connectivity index (χ3v) is 2.72. The van der Waals surface area contributed by atoms with Crippen molar-refractivity contribution in [2.24, 2.45) is 0 Å². The second-order valence-corrected chi connectivity index (χ2v) is 4.00. The lowest BCUT2D eigenvalue weighted by atomic mass is 10.1. The topological polar surface area (TPSA) is 47.3 Å². The number of unbranched alkanes of at least 4 members (excludes halogenated alkanes) is 2. The van der Waals surface area contributed by atoms with E-state index in [0.717, 1.165) is 42.9 Å². The summed E-state index contributed by atoms with van der Waals surface area (Å²) in [5, 5.41) is 3.41. The summed E-state index contributed by atoms with van der Waals surface area (Å²) in [6.45, 7) is 3.90. The van der Waals surface area contributed by atoms with Crippen LogP contribution < -0.4 is 11.1 Å². The van der Waals surface area contributed by atoms with Gasteiger partial charge in [-0.1, -0.05) is 6.07 Å². The normalized spacial score (nSPS) is 10.4. The summed E-state index contributed by atoms with van der Waals surface area (Å²) < 4.78 is 5.00. The maximum Gasteiger partial charge on any atom is 0.0462 e. The van der Waals surface area contributed by atoms with Crippen LogP contribution in [0.5, 0.6) is 0 Å². The van der Waals surface area contributed by atoms with Gasteiger partial charge in [0.25, 0.3) is 0 Å². The van der Waals surface area contributed by atoms with Gasteiger partial charge in [-0.2, -0.15) is 0 Å². The quantitative estimate of drug-likeness (QED) is 0.551. The van der Waals surface area contributed by atoms with E-state index in [-0.39, 0.29) is 0 Å². The molecule has 0 aliphatic rings.